The first-order chi connectivity index (χ1) is 13.3. The molecule has 1 amide bonds. The van der Waals surface area contributed by atoms with Crippen LogP contribution in [-0.4, -0.2) is 17.4 Å². The summed E-state index contributed by atoms with van der Waals surface area (Å²) in [6.45, 7) is 0.777. The normalized spacial score (nSPS) is 10.8. The fourth-order valence-electron chi connectivity index (χ4n) is 2.72. The third-order valence-electron chi connectivity index (χ3n) is 4.05. The van der Waals surface area contributed by atoms with Crippen LogP contribution in [0.3, 0.4) is 0 Å². The van der Waals surface area contributed by atoms with E-state index in [1.165, 1.54) is 6.26 Å². The third kappa shape index (κ3) is 4.17. The SMILES string of the molecule is O=C(NCCc1nc2ccccc2s1)c1occc1COc1ccccc1. The van der Waals surface area contributed by atoms with Gasteiger partial charge < -0.3 is 14.5 Å². The lowest BCUT2D eigenvalue weighted by Crippen LogP contribution is -2.26. The van der Waals surface area contributed by atoms with Crippen LogP contribution in [0.1, 0.15) is 21.1 Å². The van der Waals surface area contributed by atoms with Crippen molar-refractivity contribution < 1.29 is 13.9 Å². The molecule has 0 spiro atoms. The lowest BCUT2D eigenvalue weighted by atomic mass is 10.2. The maximum atomic E-state index is 12.4. The smallest absolute Gasteiger partial charge is 0.287 e. The Morgan fingerprint density at radius 2 is 1.89 bits per heavy atom. The minimum absolute atomic E-state index is 0.243. The van der Waals surface area contributed by atoms with Gasteiger partial charge in [-0.15, -0.1) is 11.3 Å². The van der Waals surface area contributed by atoms with Gasteiger partial charge in [0.1, 0.15) is 12.4 Å². The van der Waals surface area contributed by atoms with Crippen LogP contribution in [0.4, 0.5) is 0 Å². The Balaban J connectivity index is 1.32. The molecule has 0 aliphatic carbocycles. The van der Waals surface area contributed by atoms with E-state index in [4.69, 9.17) is 9.15 Å². The number of hydrogen-bond donors (Lipinski definition) is 1. The molecule has 0 fully saturated rings. The number of fused-ring (bicyclic) bond motifs is 1. The fraction of sp³-hybridized carbons (Fsp3) is 0.143. The van der Waals surface area contributed by atoms with Crippen LogP contribution < -0.4 is 10.1 Å². The van der Waals surface area contributed by atoms with E-state index >= 15 is 0 Å². The predicted molar refractivity (Wildman–Crippen MR) is 105 cm³/mol. The van der Waals surface area contributed by atoms with Gasteiger partial charge >= 0.3 is 0 Å². The van der Waals surface area contributed by atoms with Gasteiger partial charge in [0, 0.05) is 18.5 Å². The molecule has 2 aromatic carbocycles. The molecule has 0 unspecified atom stereocenters. The number of furan rings is 1. The molecule has 2 heterocycles. The van der Waals surface area contributed by atoms with Crippen molar-refractivity contribution in [2.75, 3.05) is 6.54 Å². The molecular weight excluding hydrogens is 360 g/mol. The molecule has 4 aromatic rings. The molecule has 1 N–H and O–H groups in total. The van der Waals surface area contributed by atoms with Crippen molar-refractivity contribution in [2.45, 2.75) is 13.0 Å². The Morgan fingerprint density at radius 3 is 2.74 bits per heavy atom. The first kappa shape index (κ1) is 17.3. The zero-order valence-electron chi connectivity index (χ0n) is 14.6. The van der Waals surface area contributed by atoms with Crippen LogP contribution in [0.2, 0.25) is 0 Å². The number of nitrogens with zero attached hydrogens (tertiary/aromatic N) is 1. The number of nitrogens with one attached hydrogen (secondary N) is 1. The minimum Gasteiger partial charge on any atom is -0.489 e. The van der Waals surface area contributed by atoms with Crippen molar-refractivity contribution in [2.24, 2.45) is 0 Å². The monoisotopic (exact) mass is 378 g/mol. The molecule has 0 bridgehead atoms. The van der Waals surface area contributed by atoms with E-state index in [9.17, 15) is 4.79 Å². The standard InChI is InChI=1S/C21H18N2O3S/c24-21(22-12-10-19-23-17-8-4-5-9-18(17)27-19)20-15(11-13-25-20)14-26-16-6-2-1-3-7-16/h1-9,11,13H,10,12,14H2,(H,22,24). The highest BCUT2D eigenvalue weighted by atomic mass is 32.1. The van der Waals surface area contributed by atoms with E-state index in [1.807, 2.05) is 48.5 Å². The van der Waals surface area contributed by atoms with Gasteiger partial charge in [0.25, 0.3) is 5.91 Å². The van der Waals surface area contributed by atoms with Gasteiger partial charge in [0.15, 0.2) is 5.76 Å². The maximum absolute atomic E-state index is 12.4. The zero-order chi connectivity index (χ0) is 18.5. The molecule has 0 saturated carbocycles. The second-order valence-corrected chi connectivity index (χ2v) is 7.07. The van der Waals surface area contributed by atoms with Crippen molar-refractivity contribution in [1.29, 1.82) is 0 Å². The van der Waals surface area contributed by atoms with Gasteiger partial charge in [-0.05, 0) is 30.3 Å². The summed E-state index contributed by atoms with van der Waals surface area (Å²) >= 11 is 1.65. The number of aromatic nitrogens is 1. The minimum atomic E-state index is -0.243. The molecule has 6 heteroatoms. The molecule has 5 nitrogen and oxygen atoms in total. The number of para-hydroxylation sites is 2. The van der Waals surface area contributed by atoms with Crippen molar-refractivity contribution >= 4 is 27.5 Å². The summed E-state index contributed by atoms with van der Waals surface area (Å²) in [7, 11) is 0. The highest BCUT2D eigenvalue weighted by molar-refractivity contribution is 7.18. The summed E-state index contributed by atoms with van der Waals surface area (Å²) in [5, 5.41) is 3.90. The fourth-order valence-corrected chi connectivity index (χ4v) is 3.68. The summed E-state index contributed by atoms with van der Waals surface area (Å²) in [5.41, 5.74) is 1.71. The molecule has 136 valence electrons. The number of rotatable bonds is 7. The molecule has 0 aliphatic rings. The third-order valence-corrected chi connectivity index (χ3v) is 5.15. The number of benzene rings is 2. The number of hydrogen-bond acceptors (Lipinski definition) is 5. The lowest BCUT2D eigenvalue weighted by Gasteiger charge is -2.06. The van der Waals surface area contributed by atoms with Crippen LogP contribution in [0.5, 0.6) is 5.75 Å². The molecular formula is C21H18N2O3S. The Kier molecular flexibility index (Phi) is 5.16. The van der Waals surface area contributed by atoms with Crippen LogP contribution >= 0.6 is 11.3 Å². The van der Waals surface area contributed by atoms with Crippen LogP contribution in [0, 0.1) is 0 Å². The van der Waals surface area contributed by atoms with Gasteiger partial charge in [0.2, 0.25) is 0 Å². The summed E-state index contributed by atoms with van der Waals surface area (Å²) < 4.78 is 12.2. The highest BCUT2D eigenvalue weighted by Gasteiger charge is 2.16. The molecule has 0 radical (unpaired) electrons. The van der Waals surface area contributed by atoms with Gasteiger partial charge in [-0.25, -0.2) is 4.98 Å². The molecule has 0 atom stereocenters. The predicted octanol–water partition coefficient (Wildman–Crippen LogP) is 4.44. The van der Waals surface area contributed by atoms with Crippen molar-refractivity contribution in [3.8, 4) is 5.75 Å². The summed E-state index contributed by atoms with van der Waals surface area (Å²) in [6.07, 6.45) is 2.19. The van der Waals surface area contributed by atoms with Crippen molar-refractivity contribution in [3.05, 3.63) is 83.3 Å². The summed E-state index contributed by atoms with van der Waals surface area (Å²) in [6, 6.07) is 19.3. The second kappa shape index (κ2) is 8.05. The van der Waals surface area contributed by atoms with Gasteiger partial charge in [-0.3, -0.25) is 4.79 Å². The number of carbonyl (C=O) groups is 1. The summed E-state index contributed by atoms with van der Waals surface area (Å²) in [4.78, 5) is 17.0. The quantitative estimate of drug-likeness (QED) is 0.516. The Hall–Kier alpha value is -3.12. The Labute approximate surface area is 160 Å². The lowest BCUT2D eigenvalue weighted by molar-refractivity contribution is 0.0923. The zero-order valence-corrected chi connectivity index (χ0v) is 15.4. The van der Waals surface area contributed by atoms with Crippen LogP contribution in [0.15, 0.2) is 71.3 Å². The average Bonchev–Trinajstić information content (AvgIpc) is 3.33. The van der Waals surface area contributed by atoms with Gasteiger partial charge in [0.05, 0.1) is 21.5 Å². The maximum Gasteiger partial charge on any atom is 0.287 e. The Bertz CT molecular complexity index is 1010. The van der Waals surface area contributed by atoms with Crippen molar-refractivity contribution in [3.63, 3.8) is 0 Å². The average molecular weight is 378 g/mol. The number of ether oxygens (including phenoxy) is 1. The van der Waals surface area contributed by atoms with Crippen LogP contribution in [0.25, 0.3) is 10.2 Å². The molecule has 0 saturated heterocycles. The molecule has 2 aromatic heterocycles. The molecule has 27 heavy (non-hydrogen) atoms. The largest absolute Gasteiger partial charge is 0.489 e. The number of carbonyl (C=O) groups excluding carboxylic acids is 1. The second-order valence-electron chi connectivity index (χ2n) is 5.96. The van der Waals surface area contributed by atoms with Gasteiger partial charge in [-0.2, -0.15) is 0 Å². The van der Waals surface area contributed by atoms with Crippen molar-refractivity contribution in [1.82, 2.24) is 10.3 Å². The van der Waals surface area contributed by atoms with E-state index in [0.717, 1.165) is 26.5 Å². The van der Waals surface area contributed by atoms with E-state index in [0.29, 0.717) is 13.0 Å². The number of thiazole rings is 1. The van der Waals surface area contributed by atoms with Crippen LogP contribution in [-0.2, 0) is 13.0 Å². The van der Waals surface area contributed by atoms with E-state index in [-0.39, 0.29) is 18.3 Å². The first-order valence-corrected chi connectivity index (χ1v) is 9.48. The topological polar surface area (TPSA) is 64.4 Å². The van der Waals surface area contributed by atoms with E-state index in [2.05, 4.69) is 16.4 Å². The Morgan fingerprint density at radius 1 is 1.07 bits per heavy atom. The molecule has 4 rings (SSSR count). The van der Waals surface area contributed by atoms with E-state index < -0.39 is 0 Å². The summed E-state index contributed by atoms with van der Waals surface area (Å²) in [5.74, 6) is 0.795. The van der Waals surface area contributed by atoms with Gasteiger partial charge in [-0.1, -0.05) is 30.3 Å². The molecule has 0 aliphatic heterocycles. The highest BCUT2D eigenvalue weighted by Crippen LogP contribution is 2.21. The van der Waals surface area contributed by atoms with E-state index in [1.54, 1.807) is 17.4 Å². The first-order valence-electron chi connectivity index (χ1n) is 8.66. The number of amides is 1.